The first-order chi connectivity index (χ1) is 29.8. The molecule has 0 spiro atoms. The number of hydrogen-bond acceptors (Lipinski definition) is 14. The van der Waals surface area contributed by atoms with E-state index in [0.717, 1.165) is 19.3 Å². The first-order valence-electron chi connectivity index (χ1n) is 21.8. The van der Waals surface area contributed by atoms with Crippen LogP contribution in [0.15, 0.2) is 42.2 Å². The van der Waals surface area contributed by atoms with Gasteiger partial charge in [0.25, 0.3) is 17.6 Å². The predicted octanol–water partition coefficient (Wildman–Crippen LogP) is 6.07. The summed E-state index contributed by atoms with van der Waals surface area (Å²) in [6, 6.07) is 1.30. The highest BCUT2D eigenvalue weighted by Gasteiger charge is 2.50. The second kappa shape index (κ2) is 20.6. The van der Waals surface area contributed by atoms with E-state index in [0.29, 0.717) is 26.1 Å². The second-order valence-corrected chi connectivity index (χ2v) is 17.2. The number of aliphatic hydroxyl groups is 2. The minimum absolute atomic E-state index is 0.0507. The molecule has 2 amide bonds. The van der Waals surface area contributed by atoms with Crippen molar-refractivity contribution >= 4 is 40.0 Å². The van der Waals surface area contributed by atoms with Crippen LogP contribution in [0.4, 0.5) is 5.69 Å². The zero-order valence-electron chi connectivity index (χ0n) is 38.1. The third-order valence-corrected chi connectivity index (χ3v) is 12.6. The molecule has 2 aromatic rings. The number of aromatic hydroxyl groups is 2. The highest BCUT2D eigenvalue weighted by atomic mass is 16.7. The quantitative estimate of drug-likeness (QED) is 0.151. The Morgan fingerprint density at radius 2 is 1.65 bits per heavy atom. The fourth-order valence-electron chi connectivity index (χ4n) is 8.72. The maximum absolute atomic E-state index is 14.6. The van der Waals surface area contributed by atoms with Gasteiger partial charge in [-0.05, 0) is 39.2 Å². The summed E-state index contributed by atoms with van der Waals surface area (Å²) in [5, 5.41) is 52.5. The number of anilines is 1. The van der Waals surface area contributed by atoms with Crippen molar-refractivity contribution in [3.05, 3.63) is 53.3 Å². The van der Waals surface area contributed by atoms with Gasteiger partial charge in [0, 0.05) is 86.9 Å². The molecule has 16 heteroatoms. The molecule has 16 nitrogen and oxygen atoms in total. The van der Waals surface area contributed by atoms with Gasteiger partial charge in [-0.15, -0.1) is 0 Å². The zero-order valence-corrected chi connectivity index (χ0v) is 38.1. The van der Waals surface area contributed by atoms with Crippen molar-refractivity contribution < 1.29 is 63.3 Å². The third-order valence-electron chi connectivity index (χ3n) is 12.6. The number of ether oxygens (including phenoxy) is 5. The van der Waals surface area contributed by atoms with Gasteiger partial charge in [-0.3, -0.25) is 24.2 Å². The van der Waals surface area contributed by atoms with Crippen molar-refractivity contribution in [2.75, 3.05) is 38.7 Å². The number of carbonyl (C=O) groups excluding carboxylic acids is 4. The number of phenols is 2. The summed E-state index contributed by atoms with van der Waals surface area (Å²) in [4.78, 5) is 54.6. The van der Waals surface area contributed by atoms with Crippen molar-refractivity contribution in [1.29, 1.82) is 0 Å². The van der Waals surface area contributed by atoms with Gasteiger partial charge in [0.2, 0.25) is 0 Å². The average molecular weight is 880 g/mol. The van der Waals surface area contributed by atoms with Gasteiger partial charge in [0.1, 0.15) is 23.4 Å². The molecule has 4 aliphatic heterocycles. The van der Waals surface area contributed by atoms with E-state index in [4.69, 9.17) is 23.7 Å². The number of nitrogens with one attached hydrogen (secondary N) is 1. The number of ketones is 1. The molecule has 0 radical (unpaired) electrons. The van der Waals surface area contributed by atoms with Gasteiger partial charge in [-0.1, -0.05) is 59.3 Å². The number of benzene rings is 2. The smallest absolute Gasteiger partial charge is 0.312 e. The number of rotatable bonds is 8. The van der Waals surface area contributed by atoms with Crippen molar-refractivity contribution in [3.63, 3.8) is 0 Å². The first kappa shape index (κ1) is 48.9. The molecule has 1 saturated heterocycles. The second-order valence-electron chi connectivity index (χ2n) is 17.2. The van der Waals surface area contributed by atoms with E-state index in [-0.39, 0.29) is 50.6 Å². The maximum atomic E-state index is 14.6. The van der Waals surface area contributed by atoms with Crippen LogP contribution in [-0.4, -0.2) is 118 Å². The van der Waals surface area contributed by atoms with Crippen molar-refractivity contribution in [3.8, 4) is 23.0 Å². The number of hydrogen-bond donors (Lipinski definition) is 5. The number of nitrogens with zero attached hydrogens (tertiary/aromatic N) is 2. The number of fused-ring (bicyclic) bond motifs is 14. The average Bonchev–Trinajstić information content (AvgIpc) is 3.52. The number of hydrazine groups is 1. The third kappa shape index (κ3) is 10.3. The Balaban J connectivity index is 1.66. The van der Waals surface area contributed by atoms with Crippen LogP contribution in [0.5, 0.6) is 23.0 Å². The number of allylic oxidation sites excluding steroid dienone is 2. The van der Waals surface area contributed by atoms with E-state index in [1.165, 1.54) is 52.4 Å². The zero-order chi connectivity index (χ0) is 46.5. The SMILES string of the molecule is CCCN(C(=O)COc1cc2c(O)c3c(O)c(C)c4c(c13)C(=O)C(C)(O/C=C/C(OC)C(C)C(OC(C)=O)C(C)C(O)C(C)C(O)C(C)/C=C/C=C(/C)C(=O)N2)O4)N1CCCCC1. The lowest BCUT2D eigenvalue weighted by Gasteiger charge is -2.38. The summed E-state index contributed by atoms with van der Waals surface area (Å²) in [6.07, 6.45) is 7.28. The Bertz CT molecular complexity index is 2130. The number of methoxy groups -OCH3 is 1. The summed E-state index contributed by atoms with van der Waals surface area (Å²) in [6.45, 7) is 16.0. The van der Waals surface area contributed by atoms with E-state index in [2.05, 4.69) is 5.32 Å². The molecule has 0 aliphatic carbocycles. The lowest BCUT2D eigenvalue weighted by atomic mass is 9.78. The van der Waals surface area contributed by atoms with Crippen LogP contribution in [0, 0.1) is 30.6 Å². The highest BCUT2D eigenvalue weighted by molar-refractivity contribution is 6.21. The predicted molar refractivity (Wildman–Crippen MR) is 235 cm³/mol. The molecular formula is C47H65N3O13. The minimum atomic E-state index is -2.03. The monoisotopic (exact) mass is 879 g/mol. The number of Topliss-reactive ketones (excluding diaryl/α,β-unsaturated/α-hetero) is 1. The molecule has 5 N–H and O–H groups in total. The van der Waals surface area contributed by atoms with Crippen LogP contribution >= 0.6 is 0 Å². The number of carbonyl (C=O) groups is 4. The molecule has 0 saturated carbocycles. The van der Waals surface area contributed by atoms with Crippen LogP contribution in [0.3, 0.4) is 0 Å². The van der Waals surface area contributed by atoms with Gasteiger partial charge in [0.05, 0.1) is 41.2 Å². The summed E-state index contributed by atoms with van der Waals surface area (Å²) in [7, 11) is 1.44. The van der Waals surface area contributed by atoms with E-state index in [1.807, 2.05) is 11.9 Å². The van der Waals surface area contributed by atoms with Crippen molar-refractivity contribution in [1.82, 2.24) is 10.0 Å². The van der Waals surface area contributed by atoms with E-state index in [1.54, 1.807) is 51.8 Å². The fourth-order valence-corrected chi connectivity index (χ4v) is 8.72. The van der Waals surface area contributed by atoms with E-state index in [9.17, 15) is 39.6 Å². The molecule has 63 heavy (non-hydrogen) atoms. The summed E-state index contributed by atoms with van der Waals surface area (Å²) >= 11 is 0. The Morgan fingerprint density at radius 3 is 2.29 bits per heavy atom. The molecule has 346 valence electrons. The summed E-state index contributed by atoms with van der Waals surface area (Å²) < 4.78 is 30.1. The van der Waals surface area contributed by atoms with E-state index >= 15 is 0 Å². The molecule has 9 unspecified atom stereocenters. The highest BCUT2D eigenvalue weighted by Crippen LogP contribution is 2.54. The molecular weight excluding hydrogens is 815 g/mol. The van der Waals surface area contributed by atoms with Crippen molar-refractivity contribution in [2.24, 2.45) is 23.7 Å². The molecule has 5 bridgehead atoms. The van der Waals surface area contributed by atoms with Gasteiger partial charge in [0.15, 0.2) is 12.4 Å². The molecule has 6 rings (SSSR count). The van der Waals surface area contributed by atoms with E-state index < -0.39 is 89.6 Å². The lowest BCUT2D eigenvalue weighted by Crippen LogP contribution is -2.50. The Hall–Kier alpha value is -5.16. The van der Waals surface area contributed by atoms with Crippen LogP contribution in [-0.2, 0) is 28.6 Å². The largest absolute Gasteiger partial charge is 0.507 e. The normalized spacial score (nSPS) is 30.4. The molecule has 4 heterocycles. The van der Waals surface area contributed by atoms with Gasteiger partial charge in [-0.25, -0.2) is 5.01 Å². The lowest BCUT2D eigenvalue weighted by molar-refractivity contribution is -0.160. The first-order valence-corrected chi connectivity index (χ1v) is 21.8. The topological polar surface area (TPSA) is 214 Å². The minimum Gasteiger partial charge on any atom is -0.507 e. The van der Waals surface area contributed by atoms with Crippen LogP contribution < -0.4 is 14.8 Å². The number of amides is 2. The molecule has 4 aliphatic rings. The van der Waals surface area contributed by atoms with Crippen molar-refractivity contribution in [2.45, 2.75) is 118 Å². The maximum Gasteiger partial charge on any atom is 0.312 e. The van der Waals surface area contributed by atoms with Gasteiger partial charge < -0.3 is 49.4 Å². The molecule has 1 fully saturated rings. The Labute approximate surface area is 369 Å². The number of esters is 1. The Morgan fingerprint density at radius 1 is 0.968 bits per heavy atom. The molecule has 2 aromatic carbocycles. The van der Waals surface area contributed by atoms with Gasteiger partial charge >= 0.3 is 11.8 Å². The number of phenolic OH excluding ortho intramolecular Hbond substituents is 2. The number of aliphatic hydroxyl groups excluding tert-OH is 2. The standard InChI is InChI=1S/C47H65N3O13/c1-11-19-50(49-20-13-12-14-21-49)35(52)24-60-34-23-32-42(56)37-36(34)38-44(30(7)41(37)55)63-47(9,45(38)57)61-22-18-33(59-10)27(4)43(62-31(8)51)29(6)40(54)28(5)39(53)25(2)16-15-17-26(3)46(58)48-32/h15-18,22-23,25,27-29,33,39-40,43,53-56H,11-14,19-21,24H2,1-10H3,(H,48,58)/b16-15+,22-18+,26-17-. The summed E-state index contributed by atoms with van der Waals surface area (Å²) in [5.74, 6) is -7.96. The van der Waals surface area contributed by atoms with Crippen LogP contribution in [0.25, 0.3) is 10.8 Å². The van der Waals surface area contributed by atoms with Crippen LogP contribution in [0.1, 0.15) is 97.0 Å². The summed E-state index contributed by atoms with van der Waals surface area (Å²) in [5.41, 5.74) is 0.0178. The molecule has 0 aromatic heterocycles. The van der Waals surface area contributed by atoms with Crippen LogP contribution in [0.2, 0.25) is 0 Å². The number of piperidine rings is 1. The van der Waals surface area contributed by atoms with Gasteiger partial charge in [-0.2, -0.15) is 0 Å². The Kier molecular flexibility index (Phi) is 15.9. The molecule has 9 atom stereocenters. The fraction of sp³-hybridized carbons (Fsp3) is 0.574.